The normalized spacial score (nSPS) is 19.6. The number of amides is 1. The van der Waals surface area contributed by atoms with Crippen molar-refractivity contribution in [1.29, 1.82) is 0 Å². The molecule has 57 heavy (non-hydrogen) atoms. The summed E-state index contributed by atoms with van der Waals surface area (Å²) >= 11 is 3.63. The van der Waals surface area contributed by atoms with E-state index in [9.17, 15) is 9.59 Å². The van der Waals surface area contributed by atoms with Crippen LogP contribution in [0.15, 0.2) is 70.7 Å². The second-order valence-electron chi connectivity index (χ2n) is 15.6. The number of carbonyl (C=O) groups is 2. The van der Waals surface area contributed by atoms with Gasteiger partial charge in [-0.25, -0.2) is 8.78 Å². The molecule has 0 radical (unpaired) electrons. The minimum atomic E-state index is -0.589. The highest BCUT2D eigenvalue weighted by molar-refractivity contribution is 9.10. The van der Waals surface area contributed by atoms with Crippen LogP contribution in [0.5, 0.6) is 0 Å². The molecule has 1 atom stereocenters. The molecule has 3 aliphatic heterocycles. The number of allylic oxidation sites excluding steroid dienone is 1. The van der Waals surface area contributed by atoms with Gasteiger partial charge in [0.2, 0.25) is 5.91 Å². The van der Waals surface area contributed by atoms with Crippen LogP contribution < -0.4 is 20.0 Å². The highest BCUT2D eigenvalue weighted by atomic mass is 79.9. The van der Waals surface area contributed by atoms with Crippen LogP contribution in [-0.4, -0.2) is 82.8 Å². The van der Waals surface area contributed by atoms with Crippen LogP contribution >= 0.6 is 15.9 Å². The Morgan fingerprint density at radius 2 is 1.61 bits per heavy atom. The third kappa shape index (κ3) is 8.70. The zero-order chi connectivity index (χ0) is 40.7. The maximum absolute atomic E-state index is 15.3. The molecule has 4 aliphatic rings. The number of nitrogens with one attached hydrogen (secondary N) is 1. The average molecular weight is 846 g/mol. The van der Waals surface area contributed by atoms with E-state index in [4.69, 9.17) is 4.99 Å². The first kappa shape index (κ1) is 42.5. The fraction of sp³-hybridized carbons (Fsp3) is 0.500. The molecule has 3 fully saturated rings. The Morgan fingerprint density at radius 1 is 0.947 bits per heavy atom. The van der Waals surface area contributed by atoms with Crippen LogP contribution in [0.2, 0.25) is 0 Å². The second kappa shape index (κ2) is 19.1. The molecule has 1 N–H and O–H groups in total. The van der Waals surface area contributed by atoms with E-state index >= 15 is 8.78 Å². The molecule has 3 aromatic rings. The first-order valence-electron chi connectivity index (χ1n) is 20.9. The minimum absolute atomic E-state index is 0.0194. The molecule has 3 heterocycles. The lowest BCUT2D eigenvalue weighted by Gasteiger charge is -2.40. The number of halogens is 3. The topological polar surface area (TPSA) is 71.5 Å². The van der Waals surface area contributed by atoms with E-state index in [0.717, 1.165) is 86.4 Å². The molecule has 1 unspecified atom stereocenters. The van der Waals surface area contributed by atoms with E-state index in [1.54, 1.807) is 7.05 Å². The number of aldehydes is 1. The van der Waals surface area contributed by atoms with Crippen LogP contribution in [-0.2, 0) is 10.2 Å². The van der Waals surface area contributed by atoms with Gasteiger partial charge in [-0.1, -0.05) is 51.3 Å². The fourth-order valence-corrected chi connectivity index (χ4v) is 10.1. The molecule has 7 rings (SSSR count). The van der Waals surface area contributed by atoms with Crippen molar-refractivity contribution in [3.63, 3.8) is 0 Å². The lowest BCUT2D eigenvalue weighted by atomic mass is 9.70. The Balaban J connectivity index is 0.00000270. The largest absolute Gasteiger partial charge is 0.371 e. The summed E-state index contributed by atoms with van der Waals surface area (Å²) in [4.78, 5) is 38.4. The van der Waals surface area contributed by atoms with Gasteiger partial charge in [0.25, 0.3) is 0 Å². The number of nitrogens with zero attached hydrogens (tertiary/aromatic N) is 5. The number of piperidine rings is 1. The van der Waals surface area contributed by atoms with Crippen molar-refractivity contribution in [3.05, 3.63) is 94.0 Å². The molecule has 1 spiro atoms. The number of aliphatic imine (C=N–C) groups is 1. The van der Waals surface area contributed by atoms with Gasteiger partial charge in [0.1, 0.15) is 17.5 Å². The summed E-state index contributed by atoms with van der Waals surface area (Å²) in [7, 11) is 3.44. The van der Waals surface area contributed by atoms with Gasteiger partial charge >= 0.3 is 0 Å². The average Bonchev–Trinajstić information content (AvgIpc) is 3.50. The SMILES string of the molecule is C=CC(CCC(=O)NC)c1c(F)cc(N2CCN(CC3CCN(c4ccc5c(c4)N(c4cccc(Br)c4C=O)C(=NC)C54CCCCC4)CC3)CC2)cc1F.CC. The van der Waals surface area contributed by atoms with Crippen LogP contribution in [0.1, 0.15) is 99.0 Å². The van der Waals surface area contributed by atoms with E-state index in [2.05, 4.69) is 65.6 Å². The minimum Gasteiger partial charge on any atom is -0.371 e. The monoisotopic (exact) mass is 844 g/mol. The number of hydrogen-bond acceptors (Lipinski definition) is 6. The first-order valence-corrected chi connectivity index (χ1v) is 21.7. The standard InChI is InChI=1S/C44H53BrF2N6O2.C2H6/c1-4-31(11-14-41(55)48-2)42-37(46)25-33(26-38(42)47)52-23-21-50(22-24-52)28-30-15-19-51(20-16-30)32-12-13-35-40(27-32)53(39-10-8-9-36(45)34(39)29-54)43(49-3)44(35)17-6-5-7-18-44;1-2/h4,8-10,12-13,25-27,29-31H,1,5-7,11,14-24,28H2,2-3H3,(H,48,55);1-2H3. The highest BCUT2D eigenvalue weighted by Gasteiger charge is 2.50. The van der Waals surface area contributed by atoms with Crippen molar-refractivity contribution in [2.75, 3.05) is 74.6 Å². The third-order valence-electron chi connectivity index (χ3n) is 12.6. The summed E-state index contributed by atoms with van der Waals surface area (Å²) in [5.74, 6) is -0.295. The van der Waals surface area contributed by atoms with Gasteiger partial charge < -0.3 is 15.1 Å². The van der Waals surface area contributed by atoms with E-state index in [1.807, 2.05) is 39.1 Å². The summed E-state index contributed by atoms with van der Waals surface area (Å²) in [6.07, 6.45) is 10.8. The summed E-state index contributed by atoms with van der Waals surface area (Å²) in [5.41, 5.74) is 5.57. The Labute approximate surface area is 346 Å². The van der Waals surface area contributed by atoms with Crippen molar-refractivity contribution in [2.45, 2.75) is 83.0 Å². The smallest absolute Gasteiger partial charge is 0.219 e. The summed E-state index contributed by atoms with van der Waals surface area (Å²) in [5, 5.41) is 2.56. The van der Waals surface area contributed by atoms with Crippen molar-refractivity contribution in [3.8, 4) is 0 Å². The number of fused-ring (bicyclic) bond motifs is 2. The Bertz CT molecular complexity index is 1910. The second-order valence-corrected chi connectivity index (χ2v) is 16.5. The van der Waals surface area contributed by atoms with Crippen LogP contribution in [0.4, 0.5) is 31.5 Å². The lowest BCUT2D eigenvalue weighted by molar-refractivity contribution is -0.120. The van der Waals surface area contributed by atoms with Crippen LogP contribution in [0, 0.1) is 17.6 Å². The summed E-state index contributed by atoms with van der Waals surface area (Å²) in [6.45, 7) is 13.8. The maximum Gasteiger partial charge on any atom is 0.219 e. The maximum atomic E-state index is 15.3. The third-order valence-corrected chi connectivity index (χ3v) is 13.3. The van der Waals surface area contributed by atoms with E-state index in [-0.39, 0.29) is 23.3 Å². The molecule has 8 nitrogen and oxygen atoms in total. The number of hydrogen-bond donors (Lipinski definition) is 1. The Morgan fingerprint density at radius 3 is 2.23 bits per heavy atom. The summed E-state index contributed by atoms with van der Waals surface area (Å²) < 4.78 is 31.4. The van der Waals surface area contributed by atoms with Crippen molar-refractivity contribution in [1.82, 2.24) is 10.2 Å². The van der Waals surface area contributed by atoms with Gasteiger partial charge in [0.05, 0.1) is 22.4 Å². The number of piperazine rings is 1. The van der Waals surface area contributed by atoms with Crippen LogP contribution in [0.25, 0.3) is 0 Å². The Hall–Kier alpha value is -4.09. The summed E-state index contributed by atoms with van der Waals surface area (Å²) in [6, 6.07) is 15.8. The number of benzene rings is 3. The molecule has 1 amide bonds. The molecule has 2 saturated heterocycles. The van der Waals surface area contributed by atoms with Crippen molar-refractivity contribution in [2.24, 2.45) is 10.9 Å². The number of anilines is 4. The molecule has 1 saturated carbocycles. The molecular weight excluding hydrogens is 786 g/mol. The number of amidine groups is 1. The van der Waals surface area contributed by atoms with Gasteiger partial charge in [-0.15, -0.1) is 6.58 Å². The molecular formula is C46H59BrF2N6O2. The highest BCUT2D eigenvalue weighted by Crippen LogP contribution is 2.54. The van der Waals surface area contributed by atoms with Gasteiger partial charge in [0.15, 0.2) is 6.29 Å². The zero-order valence-electron chi connectivity index (χ0n) is 34.1. The molecule has 1 aliphatic carbocycles. The van der Waals surface area contributed by atoms with Gasteiger partial charge in [0, 0.05) is 93.7 Å². The quantitative estimate of drug-likeness (QED) is 0.153. The number of rotatable bonds is 11. The van der Waals surface area contributed by atoms with E-state index in [0.29, 0.717) is 36.7 Å². The molecule has 3 aromatic carbocycles. The first-order chi connectivity index (χ1) is 27.7. The van der Waals surface area contributed by atoms with E-state index in [1.165, 1.54) is 48.7 Å². The zero-order valence-corrected chi connectivity index (χ0v) is 35.7. The van der Waals surface area contributed by atoms with E-state index < -0.39 is 17.6 Å². The predicted octanol–water partition coefficient (Wildman–Crippen LogP) is 9.78. The van der Waals surface area contributed by atoms with Gasteiger partial charge in [-0.3, -0.25) is 24.4 Å². The molecule has 0 bridgehead atoms. The van der Waals surface area contributed by atoms with Crippen LogP contribution in [0.3, 0.4) is 0 Å². The predicted molar refractivity (Wildman–Crippen MR) is 234 cm³/mol. The van der Waals surface area contributed by atoms with Gasteiger partial charge in [-0.2, -0.15) is 0 Å². The van der Waals surface area contributed by atoms with Crippen molar-refractivity contribution < 1.29 is 18.4 Å². The van der Waals surface area contributed by atoms with Crippen molar-refractivity contribution >= 4 is 56.7 Å². The lowest BCUT2D eigenvalue weighted by Crippen LogP contribution is -2.49. The fourth-order valence-electron chi connectivity index (χ4n) is 9.63. The molecule has 11 heteroatoms. The Kier molecular flexibility index (Phi) is 14.3. The number of carbonyl (C=O) groups excluding carboxylic acids is 2. The van der Waals surface area contributed by atoms with Gasteiger partial charge in [-0.05, 0) is 95.9 Å². The molecule has 0 aromatic heterocycles. The molecule has 306 valence electrons.